The first-order valence-corrected chi connectivity index (χ1v) is 8.98. The fourth-order valence-electron chi connectivity index (χ4n) is 2.77. The van der Waals surface area contributed by atoms with Crippen LogP contribution >= 0.6 is 0 Å². The van der Waals surface area contributed by atoms with Gasteiger partial charge in [0.15, 0.2) is 0 Å². The zero-order valence-electron chi connectivity index (χ0n) is 15.5. The molecule has 0 aliphatic heterocycles. The van der Waals surface area contributed by atoms with Crippen molar-refractivity contribution < 1.29 is 4.74 Å². The number of nitrogens with one attached hydrogen (secondary N) is 1. The normalized spacial score (nSPS) is 10.8. The van der Waals surface area contributed by atoms with Gasteiger partial charge in [-0.3, -0.25) is 9.55 Å². The monoisotopic (exact) mass is 372 g/mol. The summed E-state index contributed by atoms with van der Waals surface area (Å²) in [4.78, 5) is 17.2. The summed E-state index contributed by atoms with van der Waals surface area (Å²) in [6, 6.07) is 13.5. The molecule has 7 heteroatoms. The van der Waals surface area contributed by atoms with Gasteiger partial charge in [-0.25, -0.2) is 15.0 Å². The first-order valence-electron chi connectivity index (χ1n) is 8.98. The van der Waals surface area contributed by atoms with Gasteiger partial charge in [0.05, 0.1) is 6.20 Å². The van der Waals surface area contributed by atoms with Crippen molar-refractivity contribution in [3.63, 3.8) is 0 Å². The van der Waals surface area contributed by atoms with Gasteiger partial charge in [-0.2, -0.15) is 0 Å². The summed E-state index contributed by atoms with van der Waals surface area (Å²) in [5.41, 5.74) is 2.98. The molecule has 28 heavy (non-hydrogen) atoms. The van der Waals surface area contributed by atoms with E-state index in [9.17, 15) is 0 Å². The molecular weight excluding hydrogens is 352 g/mol. The molecule has 4 aromatic heterocycles. The quantitative estimate of drug-likeness (QED) is 0.535. The highest BCUT2D eigenvalue weighted by Crippen LogP contribution is 2.22. The molecule has 1 N–H and O–H groups in total. The largest absolute Gasteiger partial charge is 0.437 e. The lowest BCUT2D eigenvalue weighted by atomic mass is 10.2. The molecule has 4 heterocycles. The van der Waals surface area contributed by atoms with Crippen LogP contribution in [0.4, 0.5) is 0 Å². The van der Waals surface area contributed by atoms with Gasteiger partial charge in [0.25, 0.3) is 0 Å². The summed E-state index contributed by atoms with van der Waals surface area (Å²) in [6.45, 7) is 3.21. The van der Waals surface area contributed by atoms with E-state index in [1.165, 1.54) is 0 Å². The third kappa shape index (κ3) is 4.21. The van der Waals surface area contributed by atoms with Crippen molar-refractivity contribution in [2.75, 3.05) is 0 Å². The Bertz CT molecular complexity index is 1030. The number of ether oxygens (including phenoxy) is 1. The van der Waals surface area contributed by atoms with E-state index in [1.54, 1.807) is 30.9 Å². The number of aromatic nitrogens is 5. The van der Waals surface area contributed by atoms with E-state index in [4.69, 9.17) is 4.74 Å². The van der Waals surface area contributed by atoms with Crippen LogP contribution in [0.25, 0.3) is 5.95 Å². The summed E-state index contributed by atoms with van der Waals surface area (Å²) in [5.74, 6) is 1.89. The van der Waals surface area contributed by atoms with E-state index < -0.39 is 0 Å². The molecule has 140 valence electrons. The number of rotatable bonds is 7. The minimum Gasteiger partial charge on any atom is -0.437 e. The highest BCUT2D eigenvalue weighted by molar-refractivity contribution is 5.31. The minimum atomic E-state index is 0.572. The number of nitrogens with zero attached hydrogens (tertiary/aromatic N) is 5. The average Bonchev–Trinajstić information content (AvgIpc) is 3.20. The van der Waals surface area contributed by atoms with Crippen LogP contribution < -0.4 is 10.1 Å². The molecule has 0 radical (unpaired) electrons. The van der Waals surface area contributed by atoms with Gasteiger partial charge in [-0.05, 0) is 43.3 Å². The SMILES string of the molecule is Cc1ccc(Oc2ncccc2CNCc2cccn2-c2ncccn2)cn1. The Morgan fingerprint density at radius 3 is 2.57 bits per heavy atom. The minimum absolute atomic E-state index is 0.572. The number of hydrogen-bond donors (Lipinski definition) is 1. The molecule has 0 fully saturated rings. The van der Waals surface area contributed by atoms with Gasteiger partial charge in [0.1, 0.15) is 5.75 Å². The van der Waals surface area contributed by atoms with Crippen LogP contribution in [0.2, 0.25) is 0 Å². The van der Waals surface area contributed by atoms with Crippen LogP contribution in [0.15, 0.2) is 73.4 Å². The van der Waals surface area contributed by atoms with Gasteiger partial charge in [0.2, 0.25) is 11.8 Å². The van der Waals surface area contributed by atoms with Crippen LogP contribution in [-0.2, 0) is 13.1 Å². The maximum absolute atomic E-state index is 5.91. The maximum atomic E-state index is 5.91. The molecule has 0 aliphatic rings. The van der Waals surface area contributed by atoms with Crippen molar-refractivity contribution in [1.82, 2.24) is 29.8 Å². The second-order valence-corrected chi connectivity index (χ2v) is 6.23. The number of hydrogen-bond acceptors (Lipinski definition) is 6. The average molecular weight is 372 g/mol. The zero-order chi connectivity index (χ0) is 19.2. The van der Waals surface area contributed by atoms with Gasteiger partial charge < -0.3 is 10.1 Å². The first kappa shape index (κ1) is 17.8. The fourth-order valence-corrected chi connectivity index (χ4v) is 2.77. The Hall–Kier alpha value is -3.58. The lowest BCUT2D eigenvalue weighted by Gasteiger charge is -2.12. The Balaban J connectivity index is 1.43. The predicted octanol–water partition coefficient (Wildman–Crippen LogP) is 3.45. The van der Waals surface area contributed by atoms with Crippen molar-refractivity contribution in [1.29, 1.82) is 0 Å². The smallest absolute Gasteiger partial charge is 0.233 e. The molecule has 0 amide bonds. The van der Waals surface area contributed by atoms with Crippen molar-refractivity contribution in [3.8, 4) is 17.6 Å². The van der Waals surface area contributed by atoms with Gasteiger partial charge >= 0.3 is 0 Å². The van der Waals surface area contributed by atoms with E-state index in [0.29, 0.717) is 30.7 Å². The lowest BCUT2D eigenvalue weighted by Crippen LogP contribution is -2.16. The number of pyridine rings is 2. The van der Waals surface area contributed by atoms with E-state index >= 15 is 0 Å². The molecule has 0 atom stereocenters. The second kappa shape index (κ2) is 8.41. The number of aryl methyl sites for hydroxylation is 1. The van der Waals surface area contributed by atoms with Crippen molar-refractivity contribution in [2.24, 2.45) is 0 Å². The Morgan fingerprint density at radius 1 is 0.893 bits per heavy atom. The Morgan fingerprint density at radius 2 is 1.75 bits per heavy atom. The third-order valence-corrected chi connectivity index (χ3v) is 4.17. The van der Waals surface area contributed by atoms with Gasteiger partial charge in [-0.15, -0.1) is 0 Å². The standard InChI is InChI=1S/C21H20N6O/c1-16-7-8-19(15-26-16)28-20-17(5-2-9-23-20)13-22-14-18-6-3-12-27(18)21-24-10-4-11-25-21/h2-12,15,22H,13-14H2,1H3. The summed E-state index contributed by atoms with van der Waals surface area (Å²) < 4.78 is 7.87. The summed E-state index contributed by atoms with van der Waals surface area (Å²) in [5, 5.41) is 3.44. The fraction of sp³-hybridized carbons (Fsp3) is 0.143. The van der Waals surface area contributed by atoms with E-state index in [0.717, 1.165) is 17.0 Å². The molecule has 0 saturated heterocycles. The van der Waals surface area contributed by atoms with Crippen LogP contribution in [-0.4, -0.2) is 24.5 Å². The molecule has 0 unspecified atom stereocenters. The predicted molar refractivity (Wildman–Crippen MR) is 105 cm³/mol. The van der Waals surface area contributed by atoms with Crippen molar-refractivity contribution in [2.45, 2.75) is 20.0 Å². The van der Waals surface area contributed by atoms with Gasteiger partial charge in [-0.1, -0.05) is 6.07 Å². The first-order chi connectivity index (χ1) is 13.8. The summed E-state index contributed by atoms with van der Waals surface area (Å²) in [6.07, 6.45) is 8.85. The molecule has 0 bridgehead atoms. The van der Waals surface area contributed by atoms with E-state index in [1.807, 2.05) is 54.1 Å². The summed E-state index contributed by atoms with van der Waals surface area (Å²) in [7, 11) is 0. The molecular formula is C21H20N6O. The second-order valence-electron chi connectivity index (χ2n) is 6.23. The molecule has 0 aliphatic carbocycles. The molecule has 0 spiro atoms. The van der Waals surface area contributed by atoms with Crippen LogP contribution in [0.3, 0.4) is 0 Å². The molecule has 0 aromatic carbocycles. The molecule has 4 aromatic rings. The maximum Gasteiger partial charge on any atom is 0.233 e. The van der Waals surface area contributed by atoms with E-state index in [-0.39, 0.29) is 0 Å². The van der Waals surface area contributed by atoms with Crippen molar-refractivity contribution >= 4 is 0 Å². The van der Waals surface area contributed by atoms with Gasteiger partial charge in [0, 0.05) is 54.8 Å². The topological polar surface area (TPSA) is 77.8 Å². The van der Waals surface area contributed by atoms with Crippen LogP contribution in [0.5, 0.6) is 11.6 Å². The lowest BCUT2D eigenvalue weighted by molar-refractivity contribution is 0.450. The Labute approximate surface area is 163 Å². The Kier molecular flexibility index (Phi) is 5.35. The highest BCUT2D eigenvalue weighted by Gasteiger charge is 2.08. The zero-order valence-corrected chi connectivity index (χ0v) is 15.5. The van der Waals surface area contributed by atoms with Crippen molar-refractivity contribution in [3.05, 3.63) is 90.4 Å². The van der Waals surface area contributed by atoms with Crippen LogP contribution in [0.1, 0.15) is 17.0 Å². The third-order valence-electron chi connectivity index (χ3n) is 4.17. The highest BCUT2D eigenvalue weighted by atomic mass is 16.5. The van der Waals surface area contributed by atoms with E-state index in [2.05, 4.69) is 25.3 Å². The summed E-state index contributed by atoms with van der Waals surface area (Å²) >= 11 is 0. The molecule has 4 rings (SSSR count). The molecule has 0 saturated carbocycles. The molecule has 7 nitrogen and oxygen atoms in total. The van der Waals surface area contributed by atoms with Crippen LogP contribution in [0, 0.1) is 6.92 Å².